The maximum Gasteiger partial charge on any atom is 0.305 e. The van der Waals surface area contributed by atoms with E-state index in [1.165, 1.54) is 0 Å². The summed E-state index contributed by atoms with van der Waals surface area (Å²) in [7, 11) is 0. The lowest BCUT2D eigenvalue weighted by Gasteiger charge is -1.95. The molecule has 0 spiro atoms. The maximum absolute atomic E-state index is 11.6. The molecule has 1 heterocycles. The van der Waals surface area contributed by atoms with Crippen molar-refractivity contribution in [2.75, 3.05) is 0 Å². The fraction of sp³-hybridized carbons (Fsp3) is 0.0625. The number of hydrazone groups is 1. The van der Waals surface area contributed by atoms with Gasteiger partial charge in [0.25, 0.3) is 0 Å². The summed E-state index contributed by atoms with van der Waals surface area (Å²) in [6, 6.07) is 15.5. The van der Waals surface area contributed by atoms with Gasteiger partial charge in [0.05, 0.1) is 0 Å². The second-order valence-electron chi connectivity index (χ2n) is 4.13. The van der Waals surface area contributed by atoms with E-state index < -0.39 is 0 Å². The summed E-state index contributed by atoms with van der Waals surface area (Å²) < 4.78 is 1.78. The number of allylic oxidation sites excluding steroid dienone is 1. The SMILES string of the molecule is O=C(C[n+]1ccccc1)N/N=C\C=C/c1ccccc1. The Morgan fingerprint density at radius 1 is 1.10 bits per heavy atom. The van der Waals surface area contributed by atoms with Crippen LogP contribution >= 0.6 is 0 Å². The molecular weight excluding hydrogens is 250 g/mol. The highest BCUT2D eigenvalue weighted by atomic mass is 16.2. The Kier molecular flexibility index (Phi) is 5.22. The molecule has 1 amide bonds. The third kappa shape index (κ3) is 4.86. The molecule has 2 rings (SSSR count). The first-order chi connectivity index (χ1) is 9.84. The second-order valence-corrected chi connectivity index (χ2v) is 4.13. The average Bonchev–Trinajstić information content (AvgIpc) is 2.49. The standard InChI is InChI=1S/C16H15N3O/c20-16(14-19-12-5-2-6-13-19)18-17-11-7-10-15-8-3-1-4-9-15/h1-13H,14H2/p+1/b10-7-,17-11-. The highest BCUT2D eigenvalue weighted by molar-refractivity contribution is 5.80. The highest BCUT2D eigenvalue weighted by Crippen LogP contribution is 1.99. The van der Waals surface area contributed by atoms with Gasteiger partial charge in [0, 0.05) is 18.3 Å². The molecule has 0 atom stereocenters. The first-order valence-corrected chi connectivity index (χ1v) is 6.32. The minimum absolute atomic E-state index is 0.162. The predicted molar refractivity (Wildman–Crippen MR) is 78.7 cm³/mol. The molecule has 0 saturated carbocycles. The molecule has 1 aromatic carbocycles. The first kappa shape index (κ1) is 13.7. The number of carbonyl (C=O) groups is 1. The van der Waals surface area contributed by atoms with Gasteiger partial charge in [-0.15, -0.1) is 0 Å². The third-order valence-corrected chi connectivity index (χ3v) is 2.54. The molecule has 0 bridgehead atoms. The number of pyridine rings is 1. The third-order valence-electron chi connectivity index (χ3n) is 2.54. The summed E-state index contributed by atoms with van der Waals surface area (Å²) in [4.78, 5) is 11.6. The molecule has 1 aromatic heterocycles. The fourth-order valence-corrected chi connectivity index (χ4v) is 1.61. The molecule has 0 aliphatic heterocycles. The van der Waals surface area contributed by atoms with Crippen molar-refractivity contribution >= 4 is 18.2 Å². The van der Waals surface area contributed by atoms with Gasteiger partial charge in [-0.05, 0) is 11.6 Å². The Labute approximate surface area is 118 Å². The van der Waals surface area contributed by atoms with Crippen molar-refractivity contribution in [3.05, 3.63) is 72.6 Å². The second kappa shape index (κ2) is 7.63. The minimum atomic E-state index is -0.162. The van der Waals surface area contributed by atoms with Gasteiger partial charge in [-0.25, -0.2) is 5.43 Å². The van der Waals surface area contributed by atoms with Gasteiger partial charge >= 0.3 is 5.91 Å². The molecule has 0 aliphatic rings. The number of hydrogen-bond donors (Lipinski definition) is 1. The topological polar surface area (TPSA) is 45.3 Å². The van der Waals surface area contributed by atoms with Crippen LogP contribution in [-0.4, -0.2) is 12.1 Å². The lowest BCUT2D eigenvalue weighted by Crippen LogP contribution is -2.40. The van der Waals surface area contributed by atoms with Crippen LogP contribution in [0, 0.1) is 0 Å². The van der Waals surface area contributed by atoms with Crippen LogP contribution in [0.5, 0.6) is 0 Å². The van der Waals surface area contributed by atoms with Gasteiger partial charge in [0.15, 0.2) is 12.4 Å². The van der Waals surface area contributed by atoms with Crippen LogP contribution in [-0.2, 0) is 11.3 Å². The van der Waals surface area contributed by atoms with E-state index in [1.807, 2.05) is 67.0 Å². The summed E-state index contributed by atoms with van der Waals surface area (Å²) in [6.07, 6.45) is 8.92. The quantitative estimate of drug-likeness (QED) is 0.500. The molecule has 0 fully saturated rings. The van der Waals surface area contributed by atoms with E-state index in [4.69, 9.17) is 0 Å². The molecule has 0 aliphatic carbocycles. The van der Waals surface area contributed by atoms with Crippen molar-refractivity contribution < 1.29 is 9.36 Å². The Morgan fingerprint density at radius 2 is 1.80 bits per heavy atom. The lowest BCUT2D eigenvalue weighted by atomic mass is 10.2. The van der Waals surface area contributed by atoms with E-state index in [-0.39, 0.29) is 12.5 Å². The summed E-state index contributed by atoms with van der Waals surface area (Å²) in [6.45, 7) is 0.251. The van der Waals surface area contributed by atoms with E-state index in [0.29, 0.717) is 0 Å². The van der Waals surface area contributed by atoms with Crippen molar-refractivity contribution in [3.63, 3.8) is 0 Å². The number of nitrogens with one attached hydrogen (secondary N) is 1. The van der Waals surface area contributed by atoms with Crippen molar-refractivity contribution in [1.82, 2.24) is 5.43 Å². The Hall–Kier alpha value is -2.75. The van der Waals surface area contributed by atoms with Crippen LogP contribution in [0.25, 0.3) is 6.08 Å². The number of hydrogen-bond acceptors (Lipinski definition) is 2. The van der Waals surface area contributed by atoms with Gasteiger partial charge in [0.1, 0.15) is 0 Å². The van der Waals surface area contributed by atoms with Crippen molar-refractivity contribution in [1.29, 1.82) is 0 Å². The molecule has 20 heavy (non-hydrogen) atoms. The van der Waals surface area contributed by atoms with Gasteiger partial charge in [-0.3, -0.25) is 4.79 Å². The molecule has 0 saturated heterocycles. The largest absolute Gasteiger partial charge is 0.305 e. The molecule has 0 radical (unpaired) electrons. The zero-order valence-electron chi connectivity index (χ0n) is 11.0. The molecular formula is C16H16N3O+. The maximum atomic E-state index is 11.6. The van der Waals surface area contributed by atoms with Crippen LogP contribution in [0.4, 0.5) is 0 Å². The van der Waals surface area contributed by atoms with Gasteiger partial charge < -0.3 is 0 Å². The van der Waals surface area contributed by atoms with E-state index >= 15 is 0 Å². The lowest BCUT2D eigenvalue weighted by molar-refractivity contribution is -0.684. The summed E-state index contributed by atoms with van der Waals surface area (Å²) in [5, 5.41) is 3.86. The molecule has 4 heteroatoms. The number of amides is 1. The van der Waals surface area contributed by atoms with E-state index in [2.05, 4.69) is 10.5 Å². The predicted octanol–water partition coefficient (Wildman–Crippen LogP) is 1.79. The van der Waals surface area contributed by atoms with Gasteiger partial charge in [0.2, 0.25) is 6.54 Å². The minimum Gasteiger partial charge on any atom is -0.266 e. The van der Waals surface area contributed by atoms with Crippen molar-refractivity contribution in [2.45, 2.75) is 6.54 Å². The Bertz CT molecular complexity index is 592. The van der Waals surface area contributed by atoms with Crippen LogP contribution in [0.15, 0.2) is 72.1 Å². The molecule has 4 nitrogen and oxygen atoms in total. The molecule has 1 N–H and O–H groups in total. The van der Waals surface area contributed by atoms with Crippen LogP contribution in [0.3, 0.4) is 0 Å². The van der Waals surface area contributed by atoms with Crippen molar-refractivity contribution in [3.8, 4) is 0 Å². The molecule has 100 valence electrons. The van der Waals surface area contributed by atoms with Crippen LogP contribution < -0.4 is 9.99 Å². The Morgan fingerprint density at radius 3 is 2.55 bits per heavy atom. The van der Waals surface area contributed by atoms with Crippen molar-refractivity contribution in [2.24, 2.45) is 5.10 Å². The fourth-order valence-electron chi connectivity index (χ4n) is 1.61. The Balaban J connectivity index is 1.76. The first-order valence-electron chi connectivity index (χ1n) is 6.32. The van der Waals surface area contributed by atoms with E-state index in [9.17, 15) is 4.79 Å². The van der Waals surface area contributed by atoms with Crippen LogP contribution in [0.1, 0.15) is 5.56 Å². The average molecular weight is 266 g/mol. The summed E-state index contributed by atoms with van der Waals surface area (Å²) >= 11 is 0. The summed E-state index contributed by atoms with van der Waals surface area (Å²) in [5.74, 6) is -0.162. The number of nitrogens with zero attached hydrogens (tertiary/aromatic N) is 2. The number of rotatable bonds is 5. The summed E-state index contributed by atoms with van der Waals surface area (Å²) in [5.41, 5.74) is 3.56. The molecule has 0 unspecified atom stereocenters. The van der Waals surface area contributed by atoms with Gasteiger partial charge in [-0.1, -0.05) is 42.5 Å². The van der Waals surface area contributed by atoms with Crippen LogP contribution in [0.2, 0.25) is 0 Å². The van der Waals surface area contributed by atoms with E-state index in [0.717, 1.165) is 5.56 Å². The zero-order valence-corrected chi connectivity index (χ0v) is 11.0. The smallest absolute Gasteiger partial charge is 0.266 e. The van der Waals surface area contributed by atoms with E-state index in [1.54, 1.807) is 16.9 Å². The molecule has 2 aromatic rings. The number of aromatic nitrogens is 1. The monoisotopic (exact) mass is 266 g/mol. The zero-order chi connectivity index (χ0) is 14.0. The number of carbonyl (C=O) groups excluding carboxylic acids is 1. The normalized spacial score (nSPS) is 11.0. The van der Waals surface area contributed by atoms with Gasteiger partial charge in [-0.2, -0.15) is 9.67 Å². The number of benzene rings is 1. The highest BCUT2D eigenvalue weighted by Gasteiger charge is 2.05.